The lowest BCUT2D eigenvalue weighted by Crippen LogP contribution is -2.27. The largest absolute Gasteiger partial charge is 0.354 e. The topological polar surface area (TPSA) is 51.9 Å². The first-order chi connectivity index (χ1) is 11.6. The summed E-state index contributed by atoms with van der Waals surface area (Å²) < 4.78 is 16.6. The molecule has 0 aliphatic heterocycles. The summed E-state index contributed by atoms with van der Waals surface area (Å²) in [7, 11) is 1.72. The molecule has 2 aromatic heterocycles. The van der Waals surface area contributed by atoms with Gasteiger partial charge in [-0.1, -0.05) is 0 Å². The molecule has 0 saturated carbocycles. The number of halogens is 1. The number of benzene rings is 1. The van der Waals surface area contributed by atoms with Crippen LogP contribution < -0.4 is 5.32 Å². The number of amides is 1. The van der Waals surface area contributed by atoms with Crippen LogP contribution in [0.15, 0.2) is 54.9 Å². The molecule has 0 bridgehead atoms. The third-order valence-corrected chi connectivity index (χ3v) is 3.80. The van der Waals surface area contributed by atoms with Gasteiger partial charge in [0.05, 0.1) is 5.69 Å². The number of hydrogen-bond donors (Lipinski definition) is 1. The standard InChI is InChI=1S/C18H19FN4O/c1-22-17(13-16(21-22)14-5-7-15(19)8-6-14)18(24)20-9-4-12-23-10-2-3-11-23/h2-3,5-8,10-11,13H,4,9,12H2,1H3,(H,20,24). The first kappa shape index (κ1) is 16.0. The van der Waals surface area contributed by atoms with Gasteiger partial charge in [-0.3, -0.25) is 9.48 Å². The van der Waals surface area contributed by atoms with Crippen molar-refractivity contribution in [1.29, 1.82) is 0 Å². The number of hydrogen-bond acceptors (Lipinski definition) is 2. The van der Waals surface area contributed by atoms with E-state index in [1.807, 2.05) is 24.5 Å². The Kier molecular flexibility index (Phi) is 4.74. The van der Waals surface area contributed by atoms with Crippen molar-refractivity contribution >= 4 is 5.91 Å². The number of rotatable bonds is 6. The maximum absolute atomic E-state index is 13.0. The molecule has 3 aromatic rings. The quantitative estimate of drug-likeness (QED) is 0.708. The van der Waals surface area contributed by atoms with Crippen molar-refractivity contribution < 1.29 is 9.18 Å². The fourth-order valence-electron chi connectivity index (χ4n) is 2.51. The summed E-state index contributed by atoms with van der Waals surface area (Å²) in [5.41, 5.74) is 1.91. The van der Waals surface area contributed by atoms with Crippen LogP contribution in [-0.2, 0) is 13.6 Å². The minimum atomic E-state index is -0.296. The smallest absolute Gasteiger partial charge is 0.269 e. The van der Waals surface area contributed by atoms with Gasteiger partial charge in [-0.2, -0.15) is 5.10 Å². The van der Waals surface area contributed by atoms with Gasteiger partial charge in [0.1, 0.15) is 11.5 Å². The first-order valence-corrected chi connectivity index (χ1v) is 7.82. The highest BCUT2D eigenvalue weighted by atomic mass is 19.1. The number of carbonyl (C=O) groups is 1. The molecule has 24 heavy (non-hydrogen) atoms. The molecule has 0 radical (unpaired) electrons. The van der Waals surface area contributed by atoms with Gasteiger partial charge in [0.15, 0.2) is 0 Å². The van der Waals surface area contributed by atoms with Crippen LogP contribution in [0.4, 0.5) is 4.39 Å². The predicted octanol–water partition coefficient (Wildman–Crippen LogP) is 2.85. The summed E-state index contributed by atoms with van der Waals surface area (Å²) in [4.78, 5) is 12.3. The maximum Gasteiger partial charge on any atom is 0.269 e. The lowest BCUT2D eigenvalue weighted by Gasteiger charge is -2.06. The molecule has 1 N–H and O–H groups in total. The summed E-state index contributed by atoms with van der Waals surface area (Å²) in [5, 5.41) is 7.23. The third kappa shape index (κ3) is 3.71. The number of aryl methyl sites for hydroxylation is 2. The molecule has 0 unspecified atom stereocenters. The molecule has 6 heteroatoms. The Balaban J connectivity index is 1.59. The number of nitrogens with one attached hydrogen (secondary N) is 1. The van der Waals surface area contributed by atoms with Crippen molar-refractivity contribution in [2.75, 3.05) is 6.54 Å². The van der Waals surface area contributed by atoms with Crippen LogP contribution in [0.2, 0.25) is 0 Å². The normalized spacial score (nSPS) is 10.8. The van der Waals surface area contributed by atoms with Gasteiger partial charge in [-0.05, 0) is 48.9 Å². The van der Waals surface area contributed by atoms with E-state index in [0.717, 1.165) is 18.5 Å². The summed E-state index contributed by atoms with van der Waals surface area (Å²) in [5.74, 6) is -0.457. The van der Waals surface area contributed by atoms with Crippen LogP contribution in [0.3, 0.4) is 0 Å². The molecule has 2 heterocycles. The fraction of sp³-hybridized carbons (Fsp3) is 0.222. The molecule has 124 valence electrons. The molecule has 3 rings (SSSR count). The Labute approximate surface area is 139 Å². The highest BCUT2D eigenvalue weighted by Crippen LogP contribution is 2.19. The van der Waals surface area contributed by atoms with Crippen molar-refractivity contribution in [3.63, 3.8) is 0 Å². The zero-order valence-electron chi connectivity index (χ0n) is 13.4. The molecule has 0 spiro atoms. The zero-order valence-corrected chi connectivity index (χ0v) is 13.4. The lowest BCUT2D eigenvalue weighted by molar-refractivity contribution is 0.0943. The van der Waals surface area contributed by atoms with Crippen LogP contribution in [0.1, 0.15) is 16.9 Å². The van der Waals surface area contributed by atoms with Crippen molar-refractivity contribution in [1.82, 2.24) is 19.7 Å². The fourth-order valence-corrected chi connectivity index (χ4v) is 2.51. The van der Waals surface area contributed by atoms with E-state index >= 15 is 0 Å². The van der Waals surface area contributed by atoms with Gasteiger partial charge >= 0.3 is 0 Å². The Morgan fingerprint density at radius 3 is 2.62 bits per heavy atom. The van der Waals surface area contributed by atoms with Gasteiger partial charge in [0, 0.05) is 38.1 Å². The predicted molar refractivity (Wildman–Crippen MR) is 90.0 cm³/mol. The zero-order chi connectivity index (χ0) is 16.9. The van der Waals surface area contributed by atoms with Gasteiger partial charge in [-0.15, -0.1) is 0 Å². The van der Waals surface area contributed by atoms with E-state index in [-0.39, 0.29) is 11.7 Å². The molecular formula is C18H19FN4O. The highest BCUT2D eigenvalue weighted by Gasteiger charge is 2.13. The molecular weight excluding hydrogens is 307 g/mol. The second kappa shape index (κ2) is 7.12. The van der Waals surface area contributed by atoms with Crippen molar-refractivity contribution in [2.24, 2.45) is 7.05 Å². The average molecular weight is 326 g/mol. The Morgan fingerprint density at radius 2 is 1.92 bits per heavy atom. The molecule has 1 aromatic carbocycles. The minimum Gasteiger partial charge on any atom is -0.354 e. The van der Waals surface area contributed by atoms with Gasteiger partial charge in [-0.25, -0.2) is 4.39 Å². The second-order valence-electron chi connectivity index (χ2n) is 5.58. The summed E-state index contributed by atoms with van der Waals surface area (Å²) in [6.07, 6.45) is 4.85. The Hall–Kier alpha value is -2.89. The van der Waals surface area contributed by atoms with Gasteiger partial charge < -0.3 is 9.88 Å². The summed E-state index contributed by atoms with van der Waals surface area (Å²) in [6.45, 7) is 1.45. The average Bonchev–Trinajstić information content (AvgIpc) is 3.22. The van der Waals surface area contributed by atoms with Crippen molar-refractivity contribution in [3.8, 4) is 11.3 Å². The van der Waals surface area contributed by atoms with E-state index in [1.165, 1.54) is 12.1 Å². The van der Waals surface area contributed by atoms with Crippen molar-refractivity contribution in [2.45, 2.75) is 13.0 Å². The molecule has 0 fully saturated rings. The third-order valence-electron chi connectivity index (χ3n) is 3.80. The number of nitrogens with zero attached hydrogens (tertiary/aromatic N) is 3. The maximum atomic E-state index is 13.0. The number of carbonyl (C=O) groups excluding carboxylic acids is 1. The van der Waals surface area contributed by atoms with E-state index < -0.39 is 0 Å². The molecule has 0 atom stereocenters. The Morgan fingerprint density at radius 1 is 1.21 bits per heavy atom. The van der Waals surface area contributed by atoms with E-state index in [4.69, 9.17) is 0 Å². The molecule has 0 aliphatic carbocycles. The highest BCUT2D eigenvalue weighted by molar-refractivity contribution is 5.93. The molecule has 0 aliphatic rings. The van der Waals surface area contributed by atoms with Crippen LogP contribution in [-0.4, -0.2) is 26.8 Å². The summed E-state index contributed by atoms with van der Waals surface area (Å²) >= 11 is 0. The lowest BCUT2D eigenvalue weighted by atomic mass is 10.1. The monoisotopic (exact) mass is 326 g/mol. The molecule has 1 amide bonds. The van der Waals surface area contributed by atoms with Gasteiger partial charge in [0.2, 0.25) is 0 Å². The first-order valence-electron chi connectivity index (χ1n) is 7.82. The Bertz CT molecular complexity index is 806. The van der Waals surface area contributed by atoms with E-state index in [1.54, 1.807) is 29.9 Å². The molecule has 0 saturated heterocycles. The van der Waals surface area contributed by atoms with E-state index in [9.17, 15) is 9.18 Å². The van der Waals surface area contributed by atoms with Crippen LogP contribution in [0.5, 0.6) is 0 Å². The second-order valence-corrected chi connectivity index (χ2v) is 5.58. The summed E-state index contributed by atoms with van der Waals surface area (Å²) in [6, 6.07) is 11.7. The van der Waals surface area contributed by atoms with Gasteiger partial charge in [0.25, 0.3) is 5.91 Å². The van der Waals surface area contributed by atoms with Crippen LogP contribution in [0, 0.1) is 5.82 Å². The van der Waals surface area contributed by atoms with Crippen molar-refractivity contribution in [3.05, 3.63) is 66.4 Å². The number of aromatic nitrogens is 3. The van der Waals surface area contributed by atoms with Crippen LogP contribution in [0.25, 0.3) is 11.3 Å². The van der Waals surface area contributed by atoms with E-state index in [0.29, 0.717) is 17.9 Å². The minimum absolute atomic E-state index is 0.161. The van der Waals surface area contributed by atoms with E-state index in [2.05, 4.69) is 15.0 Å². The SMILES string of the molecule is Cn1nc(-c2ccc(F)cc2)cc1C(=O)NCCCn1cccc1. The molecule has 5 nitrogen and oxygen atoms in total. The van der Waals surface area contributed by atoms with Crippen LogP contribution >= 0.6 is 0 Å².